The molecule has 59 heavy (non-hydrogen) atoms. The van der Waals surface area contributed by atoms with Gasteiger partial charge in [-0.3, -0.25) is 0 Å². The molecule has 0 bridgehead atoms. The van der Waals surface area contributed by atoms with E-state index in [1.165, 1.54) is 55.1 Å². The zero-order chi connectivity index (χ0) is 39.1. The monoisotopic (exact) mass is 760 g/mol. The average Bonchev–Trinajstić information content (AvgIpc) is 3.68. The standard InChI is InChI=1S/C56H44N2O/c1-3-12-38(13-4-1)40-26-30-42(31-27-40)49(43-32-28-41(29-33-43)39-14-5-2-6-15-39)34-37-22-24-44(25-23-37)56-57-51-20-10-9-18-47(51)55(58-56)48-19-11-21-52-54(48)50-35-45-16-7-8-17-46(45)36-53(50)59-52/h1,3-5,7-18,20-22,24-33,35-37,48-49H,2,6,19,23,34H2. The molecule has 0 N–H and O–H groups in total. The molecule has 284 valence electrons. The van der Waals surface area contributed by atoms with Gasteiger partial charge in [-0.1, -0.05) is 164 Å². The lowest BCUT2D eigenvalue weighted by Gasteiger charge is -2.25. The number of hydrogen-bond acceptors (Lipinski definition) is 3. The second kappa shape index (κ2) is 15.2. The summed E-state index contributed by atoms with van der Waals surface area (Å²) in [5.74, 6) is 2.40. The summed E-state index contributed by atoms with van der Waals surface area (Å²) in [4.78, 5) is 10.6. The molecule has 3 aliphatic rings. The van der Waals surface area contributed by atoms with Crippen LogP contribution in [0, 0.1) is 5.92 Å². The van der Waals surface area contributed by atoms with Gasteiger partial charge in [0.05, 0.1) is 11.2 Å². The Morgan fingerprint density at radius 3 is 2.07 bits per heavy atom. The van der Waals surface area contributed by atoms with E-state index in [9.17, 15) is 0 Å². The van der Waals surface area contributed by atoms with Crippen LogP contribution in [-0.2, 0) is 0 Å². The topological polar surface area (TPSA) is 38.9 Å². The Morgan fingerprint density at radius 2 is 1.31 bits per heavy atom. The van der Waals surface area contributed by atoms with Gasteiger partial charge in [-0.2, -0.15) is 0 Å². The maximum atomic E-state index is 6.52. The molecular formula is C56H44N2O. The highest BCUT2D eigenvalue weighted by atomic mass is 16.3. The molecule has 3 atom stereocenters. The van der Waals surface area contributed by atoms with Crippen LogP contribution in [0.2, 0.25) is 0 Å². The molecule has 0 saturated heterocycles. The number of furan rings is 1. The van der Waals surface area contributed by atoms with Gasteiger partial charge in [-0.15, -0.1) is 0 Å². The van der Waals surface area contributed by atoms with E-state index < -0.39 is 0 Å². The molecule has 0 amide bonds. The van der Waals surface area contributed by atoms with Gasteiger partial charge in [0.2, 0.25) is 0 Å². The van der Waals surface area contributed by atoms with Gasteiger partial charge in [0, 0.05) is 33.7 Å². The molecule has 0 aliphatic heterocycles. The Kier molecular flexibility index (Phi) is 9.08. The molecule has 0 saturated carbocycles. The zero-order valence-corrected chi connectivity index (χ0v) is 33.0. The van der Waals surface area contributed by atoms with Crippen molar-refractivity contribution in [3.8, 4) is 11.1 Å². The second-order valence-corrected chi connectivity index (χ2v) is 16.3. The maximum absolute atomic E-state index is 6.52. The molecule has 3 aliphatic carbocycles. The third kappa shape index (κ3) is 6.77. The SMILES string of the molecule is C1=CC(c2ccc(C(CC3C=CC(c4nc(C5CC=Cc6oc7cc8ccccc8cc7c65)c5ccccc5n4)=CC3)c3ccc(-c4ccccc4)cc3)cc2)=CCC1. The van der Waals surface area contributed by atoms with E-state index in [2.05, 4.69) is 188 Å². The molecular weight excluding hydrogens is 717 g/mol. The third-order valence-corrected chi connectivity index (χ3v) is 12.6. The maximum Gasteiger partial charge on any atom is 0.159 e. The summed E-state index contributed by atoms with van der Waals surface area (Å²) in [5.41, 5.74) is 13.1. The zero-order valence-electron chi connectivity index (χ0n) is 33.0. The lowest BCUT2D eigenvalue weighted by atomic mass is 9.80. The first-order chi connectivity index (χ1) is 29.2. The number of para-hydroxylation sites is 1. The largest absolute Gasteiger partial charge is 0.456 e. The minimum absolute atomic E-state index is 0.0517. The van der Waals surface area contributed by atoms with Crippen LogP contribution in [0.5, 0.6) is 0 Å². The number of allylic oxidation sites excluding steroid dienone is 9. The number of nitrogens with zero attached hydrogens (tertiary/aromatic N) is 2. The quantitative estimate of drug-likeness (QED) is 0.155. The average molecular weight is 761 g/mol. The molecule has 0 radical (unpaired) electrons. The Labute approximate surface area is 345 Å². The summed E-state index contributed by atoms with van der Waals surface area (Å²) in [6, 6.07) is 50.7. The Bertz CT molecular complexity index is 3010. The van der Waals surface area contributed by atoms with E-state index in [1.807, 2.05) is 0 Å². The first kappa shape index (κ1) is 35.3. The summed E-state index contributed by atoms with van der Waals surface area (Å²) < 4.78 is 6.52. The number of fused-ring (bicyclic) bond motifs is 5. The van der Waals surface area contributed by atoms with Crippen LogP contribution in [-0.4, -0.2) is 9.97 Å². The van der Waals surface area contributed by atoms with Crippen molar-refractivity contribution in [2.75, 3.05) is 0 Å². The predicted molar refractivity (Wildman–Crippen MR) is 245 cm³/mol. The summed E-state index contributed by atoms with van der Waals surface area (Å²) in [6.45, 7) is 0. The van der Waals surface area contributed by atoms with Gasteiger partial charge in [0.1, 0.15) is 11.3 Å². The van der Waals surface area contributed by atoms with Gasteiger partial charge in [-0.05, 0) is 106 Å². The minimum atomic E-state index is 0.0517. The van der Waals surface area contributed by atoms with Gasteiger partial charge in [0.15, 0.2) is 5.82 Å². The number of benzene rings is 6. The van der Waals surface area contributed by atoms with Crippen LogP contribution in [0.25, 0.3) is 61.0 Å². The van der Waals surface area contributed by atoms with Crippen LogP contribution in [0.4, 0.5) is 0 Å². The van der Waals surface area contributed by atoms with Gasteiger partial charge < -0.3 is 4.42 Å². The molecule has 0 fully saturated rings. The van der Waals surface area contributed by atoms with Crippen LogP contribution in [0.15, 0.2) is 186 Å². The Hall–Kier alpha value is -6.84. The third-order valence-electron chi connectivity index (χ3n) is 12.6. The first-order valence-electron chi connectivity index (χ1n) is 21.1. The molecule has 6 aromatic carbocycles. The van der Waals surface area contributed by atoms with E-state index in [1.54, 1.807) is 0 Å². The molecule has 11 rings (SSSR count). The van der Waals surface area contributed by atoms with Gasteiger partial charge in [0.25, 0.3) is 0 Å². The van der Waals surface area contributed by atoms with Crippen LogP contribution in [0.3, 0.4) is 0 Å². The Morgan fingerprint density at radius 1 is 0.576 bits per heavy atom. The first-order valence-corrected chi connectivity index (χ1v) is 21.1. The van der Waals surface area contributed by atoms with Crippen molar-refractivity contribution < 1.29 is 4.42 Å². The number of aromatic nitrogens is 2. The number of hydrogen-bond donors (Lipinski definition) is 0. The lowest BCUT2D eigenvalue weighted by Crippen LogP contribution is -2.11. The van der Waals surface area contributed by atoms with Crippen molar-refractivity contribution >= 4 is 49.9 Å². The fourth-order valence-electron chi connectivity index (χ4n) is 9.52. The van der Waals surface area contributed by atoms with E-state index in [0.29, 0.717) is 5.92 Å². The van der Waals surface area contributed by atoms with E-state index in [-0.39, 0.29) is 11.8 Å². The lowest BCUT2D eigenvalue weighted by molar-refractivity contribution is 0.550. The fraction of sp³-hybridized carbons (Fsp3) is 0.143. The normalized spacial score (nSPS) is 17.9. The number of rotatable bonds is 8. The van der Waals surface area contributed by atoms with Gasteiger partial charge in [-0.25, -0.2) is 9.97 Å². The summed E-state index contributed by atoms with van der Waals surface area (Å²) in [6.07, 6.45) is 23.4. The fourth-order valence-corrected chi connectivity index (χ4v) is 9.52. The molecule has 0 spiro atoms. The van der Waals surface area contributed by atoms with Crippen LogP contribution in [0.1, 0.15) is 83.5 Å². The van der Waals surface area contributed by atoms with Crippen molar-refractivity contribution in [1.29, 1.82) is 0 Å². The van der Waals surface area contributed by atoms with Crippen molar-refractivity contribution in [3.05, 3.63) is 222 Å². The molecule has 8 aromatic rings. The van der Waals surface area contributed by atoms with E-state index >= 15 is 0 Å². The van der Waals surface area contributed by atoms with Crippen molar-refractivity contribution in [2.24, 2.45) is 5.92 Å². The van der Waals surface area contributed by atoms with Crippen LogP contribution >= 0.6 is 0 Å². The highest BCUT2D eigenvalue weighted by Crippen LogP contribution is 2.44. The smallest absolute Gasteiger partial charge is 0.159 e. The highest BCUT2D eigenvalue weighted by molar-refractivity contribution is 5.99. The minimum Gasteiger partial charge on any atom is -0.456 e. The summed E-state index contributed by atoms with van der Waals surface area (Å²) in [7, 11) is 0. The van der Waals surface area contributed by atoms with E-state index in [0.717, 1.165) is 71.4 Å². The van der Waals surface area contributed by atoms with Crippen molar-refractivity contribution in [1.82, 2.24) is 9.97 Å². The molecule has 3 unspecified atom stereocenters. The molecule has 3 heteroatoms. The highest BCUT2D eigenvalue weighted by Gasteiger charge is 2.29. The summed E-state index contributed by atoms with van der Waals surface area (Å²) >= 11 is 0. The van der Waals surface area contributed by atoms with Crippen molar-refractivity contribution in [3.63, 3.8) is 0 Å². The Balaban J connectivity index is 0.907. The predicted octanol–water partition coefficient (Wildman–Crippen LogP) is 14.7. The molecule has 3 nitrogen and oxygen atoms in total. The van der Waals surface area contributed by atoms with Gasteiger partial charge >= 0.3 is 0 Å². The van der Waals surface area contributed by atoms with E-state index in [4.69, 9.17) is 14.4 Å². The van der Waals surface area contributed by atoms with Crippen LogP contribution < -0.4 is 0 Å². The molecule has 2 aromatic heterocycles. The summed E-state index contributed by atoms with van der Waals surface area (Å²) in [5, 5.41) is 4.67. The van der Waals surface area contributed by atoms with Crippen molar-refractivity contribution in [2.45, 2.75) is 43.9 Å². The second-order valence-electron chi connectivity index (χ2n) is 16.3. The molecule has 2 heterocycles.